The van der Waals surface area contributed by atoms with Gasteiger partial charge in [-0.25, -0.2) is 9.67 Å². The van der Waals surface area contributed by atoms with Gasteiger partial charge in [0.05, 0.1) is 6.21 Å². The minimum Gasteiger partial charge on any atom is -0.411 e. The monoisotopic (exact) mass is 271 g/mol. The van der Waals surface area contributed by atoms with Crippen LogP contribution in [0.4, 0.5) is 0 Å². The van der Waals surface area contributed by atoms with Crippen molar-refractivity contribution in [3.05, 3.63) is 6.33 Å². The first-order chi connectivity index (χ1) is 8.46. The summed E-state index contributed by atoms with van der Waals surface area (Å²) in [6, 6.07) is -0.633. The van der Waals surface area contributed by atoms with Crippen molar-refractivity contribution in [2.24, 2.45) is 10.6 Å². The van der Waals surface area contributed by atoms with Crippen LogP contribution in [0.3, 0.4) is 0 Å². The molecule has 1 unspecified atom stereocenters. The van der Waals surface area contributed by atoms with E-state index in [2.05, 4.69) is 20.6 Å². The molecule has 0 saturated heterocycles. The van der Waals surface area contributed by atoms with Crippen LogP contribution < -0.4 is 5.32 Å². The van der Waals surface area contributed by atoms with Gasteiger partial charge >= 0.3 is 0 Å². The Morgan fingerprint density at radius 2 is 2.39 bits per heavy atom. The van der Waals surface area contributed by atoms with E-state index in [9.17, 15) is 4.79 Å². The van der Waals surface area contributed by atoms with E-state index in [1.165, 1.54) is 29.0 Å². The van der Waals surface area contributed by atoms with Crippen molar-refractivity contribution in [1.82, 2.24) is 20.1 Å². The van der Waals surface area contributed by atoms with Gasteiger partial charge in [-0.3, -0.25) is 4.79 Å². The van der Waals surface area contributed by atoms with Gasteiger partial charge in [0.25, 0.3) is 0 Å². The fourth-order valence-corrected chi connectivity index (χ4v) is 1.96. The molecule has 1 aromatic rings. The Labute approximate surface area is 110 Å². The van der Waals surface area contributed by atoms with Crippen LogP contribution in [0.15, 0.2) is 16.6 Å². The summed E-state index contributed by atoms with van der Waals surface area (Å²) in [7, 11) is 1.55. The molecule has 0 aromatic carbocycles. The first-order valence-corrected chi connectivity index (χ1v) is 6.54. The summed E-state index contributed by atoms with van der Waals surface area (Å²) < 4.78 is 1.48. The third-order valence-corrected chi connectivity index (χ3v) is 3.08. The highest BCUT2D eigenvalue weighted by Gasteiger charge is 2.36. The molecule has 7 nitrogen and oxygen atoms in total. The summed E-state index contributed by atoms with van der Waals surface area (Å²) in [6.45, 7) is 3.57. The zero-order chi connectivity index (χ0) is 13.8. The highest BCUT2D eigenvalue weighted by molar-refractivity contribution is 7.98. The van der Waals surface area contributed by atoms with Crippen molar-refractivity contribution in [1.29, 1.82) is 0 Å². The lowest BCUT2D eigenvalue weighted by Gasteiger charge is -2.28. The van der Waals surface area contributed by atoms with Gasteiger partial charge < -0.3 is 10.5 Å². The molecule has 0 spiro atoms. The maximum Gasteiger partial charge on any atom is 0.245 e. The Bertz CT molecular complexity index is 443. The summed E-state index contributed by atoms with van der Waals surface area (Å²) in [4.78, 5) is 16.1. The van der Waals surface area contributed by atoms with Gasteiger partial charge in [-0.15, -0.1) is 10.3 Å². The van der Waals surface area contributed by atoms with Crippen molar-refractivity contribution in [2.45, 2.75) is 25.0 Å². The number of carbonyl (C=O) groups excluding carboxylic acids is 1. The fourth-order valence-electron chi connectivity index (χ4n) is 1.63. The van der Waals surface area contributed by atoms with E-state index in [4.69, 9.17) is 5.21 Å². The second-order valence-electron chi connectivity index (χ2n) is 4.29. The van der Waals surface area contributed by atoms with Crippen LogP contribution in [0.2, 0.25) is 0 Å². The fraction of sp³-hybridized carbons (Fsp3) is 0.600. The number of hydrogen-bond acceptors (Lipinski definition) is 6. The molecule has 0 saturated carbocycles. The normalized spacial score (nSPS) is 13.8. The van der Waals surface area contributed by atoms with Gasteiger partial charge in [-0.1, -0.05) is 25.6 Å². The SMILES string of the molecule is CNC(=O)C(n1cnc(SC)n1)C(C)(C)C=NO. The number of carbonyl (C=O) groups is 1. The van der Waals surface area contributed by atoms with Crippen LogP contribution in [0.1, 0.15) is 19.9 Å². The standard InChI is InChI=1S/C10H17N5O2S/c1-10(2,5-13-17)7(8(16)11-3)15-6-12-9(14-15)18-4/h5-7,17H,1-4H3,(H,11,16). The predicted octanol–water partition coefficient (Wildman–Crippen LogP) is 0.773. The van der Waals surface area contributed by atoms with Crippen LogP contribution in [0.25, 0.3) is 0 Å². The molecule has 0 fully saturated rings. The van der Waals surface area contributed by atoms with E-state index in [0.717, 1.165) is 0 Å². The molecule has 8 heteroatoms. The number of rotatable bonds is 5. The minimum atomic E-state index is -0.696. The number of nitrogens with one attached hydrogen (secondary N) is 1. The first kappa shape index (κ1) is 14.5. The Morgan fingerprint density at radius 3 is 2.83 bits per heavy atom. The first-order valence-electron chi connectivity index (χ1n) is 5.31. The lowest BCUT2D eigenvalue weighted by Crippen LogP contribution is -2.40. The largest absolute Gasteiger partial charge is 0.411 e. The molecule has 18 heavy (non-hydrogen) atoms. The highest BCUT2D eigenvalue weighted by atomic mass is 32.2. The van der Waals surface area contributed by atoms with Gasteiger partial charge in [0.1, 0.15) is 12.4 Å². The van der Waals surface area contributed by atoms with E-state index < -0.39 is 11.5 Å². The molecule has 1 amide bonds. The number of aromatic nitrogens is 3. The van der Waals surface area contributed by atoms with Gasteiger partial charge in [0.2, 0.25) is 11.1 Å². The van der Waals surface area contributed by atoms with E-state index in [1.807, 2.05) is 6.26 Å². The van der Waals surface area contributed by atoms with Crippen molar-refractivity contribution in [3.63, 3.8) is 0 Å². The average molecular weight is 271 g/mol. The van der Waals surface area contributed by atoms with Crippen LogP contribution in [0, 0.1) is 5.41 Å². The zero-order valence-corrected chi connectivity index (χ0v) is 11.6. The molecule has 100 valence electrons. The van der Waals surface area contributed by atoms with Crippen molar-refractivity contribution < 1.29 is 10.0 Å². The summed E-state index contributed by atoms with van der Waals surface area (Å²) in [6.07, 6.45) is 4.67. The highest BCUT2D eigenvalue weighted by Crippen LogP contribution is 2.29. The Hall–Kier alpha value is -1.57. The van der Waals surface area contributed by atoms with Crippen LogP contribution in [0.5, 0.6) is 0 Å². The Kier molecular flexibility index (Phi) is 4.71. The minimum absolute atomic E-state index is 0.225. The lowest BCUT2D eigenvalue weighted by atomic mass is 9.85. The quantitative estimate of drug-likeness (QED) is 0.357. The number of nitrogens with zero attached hydrogens (tertiary/aromatic N) is 4. The molecule has 1 rings (SSSR count). The number of likely N-dealkylation sites (N-methyl/N-ethyl adjacent to an activating group) is 1. The van der Waals surface area contributed by atoms with E-state index in [0.29, 0.717) is 5.16 Å². The van der Waals surface area contributed by atoms with Crippen molar-refractivity contribution in [2.75, 3.05) is 13.3 Å². The van der Waals surface area contributed by atoms with E-state index in [-0.39, 0.29) is 5.91 Å². The molecular formula is C10H17N5O2S. The molecule has 0 radical (unpaired) electrons. The molecule has 1 atom stereocenters. The van der Waals surface area contributed by atoms with Crippen molar-refractivity contribution >= 4 is 23.9 Å². The maximum absolute atomic E-state index is 12.0. The molecule has 1 aromatic heterocycles. The Morgan fingerprint density at radius 1 is 1.72 bits per heavy atom. The smallest absolute Gasteiger partial charge is 0.245 e. The van der Waals surface area contributed by atoms with Gasteiger partial charge in [-0.2, -0.15) is 0 Å². The van der Waals surface area contributed by atoms with Gasteiger partial charge in [0.15, 0.2) is 0 Å². The predicted molar refractivity (Wildman–Crippen MR) is 69.0 cm³/mol. The third-order valence-electron chi connectivity index (χ3n) is 2.52. The molecular weight excluding hydrogens is 254 g/mol. The maximum atomic E-state index is 12.0. The Balaban J connectivity index is 3.17. The van der Waals surface area contributed by atoms with Gasteiger partial charge in [0, 0.05) is 12.5 Å². The summed E-state index contributed by atoms with van der Waals surface area (Å²) in [5.41, 5.74) is -0.696. The average Bonchev–Trinajstić information content (AvgIpc) is 2.76. The van der Waals surface area contributed by atoms with Crippen LogP contribution >= 0.6 is 11.8 Å². The summed E-state index contributed by atoms with van der Waals surface area (Å²) in [5.74, 6) is -0.225. The van der Waals surface area contributed by atoms with Gasteiger partial charge in [-0.05, 0) is 6.26 Å². The molecule has 0 aliphatic rings. The topological polar surface area (TPSA) is 92.4 Å². The lowest BCUT2D eigenvalue weighted by molar-refractivity contribution is -0.126. The molecule has 0 bridgehead atoms. The molecule has 2 N–H and O–H groups in total. The molecule has 0 aliphatic carbocycles. The number of thioether (sulfide) groups is 1. The second kappa shape index (κ2) is 5.85. The third kappa shape index (κ3) is 3.00. The van der Waals surface area contributed by atoms with Crippen LogP contribution in [-0.4, -0.2) is 45.4 Å². The molecule has 0 aliphatic heterocycles. The second-order valence-corrected chi connectivity index (χ2v) is 5.07. The van der Waals surface area contributed by atoms with E-state index in [1.54, 1.807) is 20.9 Å². The van der Waals surface area contributed by atoms with Crippen molar-refractivity contribution in [3.8, 4) is 0 Å². The zero-order valence-electron chi connectivity index (χ0n) is 10.8. The summed E-state index contributed by atoms with van der Waals surface area (Å²) in [5, 5.41) is 19.1. The summed E-state index contributed by atoms with van der Waals surface area (Å²) >= 11 is 1.39. The van der Waals surface area contributed by atoms with Crippen LogP contribution in [-0.2, 0) is 4.79 Å². The van der Waals surface area contributed by atoms with E-state index >= 15 is 0 Å². The number of hydrogen-bond donors (Lipinski definition) is 2. The number of amides is 1. The molecule has 1 heterocycles. The number of oxime groups is 1.